The molecule has 0 aromatic heterocycles. The quantitative estimate of drug-likeness (QED) is 0.584. The minimum absolute atomic E-state index is 0. The third-order valence-corrected chi connectivity index (χ3v) is 3.86. The van der Waals surface area contributed by atoms with E-state index < -0.39 is 0 Å². The first-order chi connectivity index (χ1) is 8.71. The monoisotopic (exact) mass is 278 g/mol. The summed E-state index contributed by atoms with van der Waals surface area (Å²) in [6.07, 6.45) is 8.82. The van der Waals surface area contributed by atoms with Crippen molar-refractivity contribution in [2.45, 2.75) is 82.6 Å². The van der Waals surface area contributed by atoms with Crippen LogP contribution >= 0.6 is 0 Å². The van der Waals surface area contributed by atoms with Crippen molar-refractivity contribution in [1.29, 1.82) is 0 Å². The van der Waals surface area contributed by atoms with Crippen molar-refractivity contribution in [2.24, 2.45) is 0 Å². The first-order valence-corrected chi connectivity index (χ1v) is 7.28. The van der Waals surface area contributed by atoms with E-state index in [1.165, 1.54) is 6.42 Å². The number of unbranched alkanes of at least 4 members (excludes halogenated alkanes) is 2. The molecule has 0 aromatic rings. The number of hydrogen-bond acceptors (Lipinski definition) is 3. The van der Waals surface area contributed by atoms with Crippen LogP contribution in [-0.4, -0.2) is 47.3 Å². The molecule has 0 aliphatic carbocycles. The molecule has 0 radical (unpaired) electrons. The molecule has 0 spiro atoms. The second kappa shape index (κ2) is 8.18. The summed E-state index contributed by atoms with van der Waals surface area (Å²) in [6.45, 7) is 9.61. The van der Waals surface area contributed by atoms with E-state index in [2.05, 4.69) is 20.8 Å². The van der Waals surface area contributed by atoms with Gasteiger partial charge >= 0.3 is 23.1 Å². The van der Waals surface area contributed by atoms with Crippen molar-refractivity contribution >= 4 is 23.1 Å². The smallest absolute Gasteiger partial charge is 0.349 e. The van der Waals surface area contributed by atoms with E-state index in [-0.39, 0.29) is 41.2 Å². The third kappa shape index (κ3) is 4.56. The summed E-state index contributed by atoms with van der Waals surface area (Å²) in [5.74, 6) is 0. The van der Waals surface area contributed by atoms with Gasteiger partial charge in [-0.2, -0.15) is 12.8 Å². The maximum atomic E-state index is 5.98. The Morgan fingerprint density at radius 3 is 2.37 bits per heavy atom. The van der Waals surface area contributed by atoms with Gasteiger partial charge in [0.25, 0.3) is 0 Å². The molecule has 0 saturated carbocycles. The molecule has 4 saturated heterocycles. The van der Waals surface area contributed by atoms with Crippen molar-refractivity contribution in [3.63, 3.8) is 0 Å². The van der Waals surface area contributed by atoms with Gasteiger partial charge in [0, 0.05) is 19.3 Å². The molecule has 4 aliphatic rings. The van der Waals surface area contributed by atoms with Crippen molar-refractivity contribution < 1.29 is 14.2 Å². The van der Waals surface area contributed by atoms with Crippen LogP contribution in [0.3, 0.4) is 0 Å². The van der Waals surface area contributed by atoms with Gasteiger partial charge in [-0.1, -0.05) is 19.8 Å². The van der Waals surface area contributed by atoms with Gasteiger partial charge in [-0.3, -0.25) is 0 Å². The maximum absolute atomic E-state index is 5.98. The van der Waals surface area contributed by atoms with Crippen LogP contribution in [0.15, 0.2) is 0 Å². The van der Waals surface area contributed by atoms with Crippen molar-refractivity contribution in [3.05, 3.63) is 13.8 Å². The van der Waals surface area contributed by atoms with E-state index >= 15 is 0 Å². The summed E-state index contributed by atoms with van der Waals surface area (Å²) in [5, 5.41) is 0. The zero-order chi connectivity index (χ0) is 13.0. The summed E-state index contributed by atoms with van der Waals surface area (Å²) in [6, 6.07) is 0. The summed E-state index contributed by atoms with van der Waals surface area (Å²) in [4.78, 5) is 0. The van der Waals surface area contributed by atoms with E-state index in [0.717, 1.165) is 44.9 Å². The number of ether oxygens (including phenoxy) is 3. The Balaban J connectivity index is 0.000000323. The fourth-order valence-electron chi connectivity index (χ4n) is 2.93. The van der Waals surface area contributed by atoms with Gasteiger partial charge in [0.05, 0.1) is 11.7 Å². The third-order valence-electron chi connectivity index (χ3n) is 3.86. The standard InChI is InChI=1S/C11H17O3.C4H9.Mg/c1-2-3-4-11-6-8-5-9(14-11)13-10(7-11)12-8;1-3-4-2;/h8-10H,1-7H2;1,3-4H2,2H3;/q2*-1;+2. The van der Waals surface area contributed by atoms with Crippen LogP contribution in [0.2, 0.25) is 0 Å². The fourth-order valence-corrected chi connectivity index (χ4v) is 2.93. The van der Waals surface area contributed by atoms with E-state index in [0.29, 0.717) is 6.10 Å². The largest absolute Gasteiger partial charge is 2.00 e. The zero-order valence-corrected chi connectivity index (χ0v) is 13.6. The van der Waals surface area contributed by atoms with Gasteiger partial charge in [0.2, 0.25) is 0 Å². The van der Waals surface area contributed by atoms with Crippen molar-refractivity contribution in [1.82, 2.24) is 0 Å². The van der Waals surface area contributed by atoms with Gasteiger partial charge in [0.15, 0.2) is 12.6 Å². The van der Waals surface area contributed by atoms with Crippen LogP contribution in [-0.2, 0) is 14.2 Å². The minimum atomic E-state index is 0. The SMILES string of the molecule is [CH2-]CCC.[CH2-]CCCC12CC3CC(OC(C1)O3)O2.[Mg+2]. The average Bonchev–Trinajstić information content (AvgIpc) is 2.35. The first kappa shape index (κ1) is 17.7. The summed E-state index contributed by atoms with van der Waals surface area (Å²) in [5.41, 5.74) is 0.0619. The van der Waals surface area contributed by atoms with E-state index in [1.54, 1.807) is 0 Å². The molecule has 4 fully saturated rings. The normalized spacial score (nSPS) is 38.4. The van der Waals surface area contributed by atoms with Gasteiger partial charge < -0.3 is 28.1 Å². The summed E-state index contributed by atoms with van der Waals surface area (Å²) in [7, 11) is 0. The van der Waals surface area contributed by atoms with Crippen LogP contribution in [0.25, 0.3) is 0 Å². The van der Waals surface area contributed by atoms with Crippen LogP contribution in [0.5, 0.6) is 0 Å². The molecule has 106 valence electrons. The molecule has 0 amide bonds. The molecule has 4 bridgehead atoms. The number of rotatable bonds is 4. The van der Waals surface area contributed by atoms with E-state index in [9.17, 15) is 0 Å². The van der Waals surface area contributed by atoms with E-state index in [1.807, 2.05) is 0 Å². The Morgan fingerprint density at radius 1 is 1.11 bits per heavy atom. The predicted octanol–water partition coefficient (Wildman–Crippen LogP) is 3.25. The first-order valence-electron chi connectivity index (χ1n) is 7.28. The van der Waals surface area contributed by atoms with Crippen LogP contribution in [0, 0.1) is 13.8 Å². The Bertz CT molecular complexity index is 220. The zero-order valence-electron chi connectivity index (χ0n) is 12.2. The summed E-state index contributed by atoms with van der Waals surface area (Å²) >= 11 is 0. The Labute approximate surface area is 133 Å². The molecular weight excluding hydrogens is 252 g/mol. The molecule has 4 unspecified atom stereocenters. The minimum Gasteiger partial charge on any atom is -0.349 e. The molecule has 0 N–H and O–H groups in total. The van der Waals surface area contributed by atoms with Gasteiger partial charge in [0.1, 0.15) is 0 Å². The van der Waals surface area contributed by atoms with Gasteiger partial charge in [-0.15, -0.1) is 0 Å². The number of hydrogen-bond donors (Lipinski definition) is 0. The molecule has 4 atom stereocenters. The molecule has 3 nitrogen and oxygen atoms in total. The Hall–Kier alpha value is 0.646. The Kier molecular flexibility index (Phi) is 7.62. The molecule has 0 aromatic carbocycles. The molecular formula is C15H26MgO3. The molecule has 4 heteroatoms. The van der Waals surface area contributed by atoms with Crippen LogP contribution < -0.4 is 0 Å². The average molecular weight is 279 g/mol. The fraction of sp³-hybridized carbons (Fsp3) is 0.867. The summed E-state index contributed by atoms with van der Waals surface area (Å²) < 4.78 is 17.3. The van der Waals surface area contributed by atoms with E-state index in [4.69, 9.17) is 14.2 Å². The molecule has 4 rings (SSSR count). The van der Waals surface area contributed by atoms with Crippen LogP contribution in [0.1, 0.15) is 58.3 Å². The Morgan fingerprint density at radius 2 is 1.84 bits per heavy atom. The predicted molar refractivity (Wildman–Crippen MR) is 76.4 cm³/mol. The van der Waals surface area contributed by atoms with Crippen molar-refractivity contribution in [3.8, 4) is 0 Å². The molecule has 4 heterocycles. The van der Waals surface area contributed by atoms with Gasteiger partial charge in [-0.25, -0.2) is 0 Å². The van der Waals surface area contributed by atoms with Crippen molar-refractivity contribution in [2.75, 3.05) is 0 Å². The van der Waals surface area contributed by atoms with Crippen LogP contribution in [0.4, 0.5) is 0 Å². The topological polar surface area (TPSA) is 27.7 Å². The maximum Gasteiger partial charge on any atom is 2.00 e. The second-order valence-corrected chi connectivity index (χ2v) is 5.51. The van der Waals surface area contributed by atoms with Gasteiger partial charge in [-0.05, 0) is 6.42 Å². The molecule has 19 heavy (non-hydrogen) atoms. The second-order valence-electron chi connectivity index (χ2n) is 5.51. The molecule has 4 aliphatic heterocycles.